The number of aliphatic hydroxyl groups is 1. The lowest BCUT2D eigenvalue weighted by Crippen LogP contribution is -2.39. The van der Waals surface area contributed by atoms with Crippen LogP contribution >= 0.6 is 0 Å². The van der Waals surface area contributed by atoms with Crippen LogP contribution in [0.15, 0.2) is 6.07 Å². The number of hydrogen-bond acceptors (Lipinski definition) is 4. The van der Waals surface area contributed by atoms with Gasteiger partial charge >= 0.3 is 5.97 Å². The van der Waals surface area contributed by atoms with Crippen LogP contribution in [0.3, 0.4) is 0 Å². The van der Waals surface area contributed by atoms with Crippen LogP contribution in [0.4, 0.5) is 5.82 Å². The second kappa shape index (κ2) is 5.35. The van der Waals surface area contributed by atoms with E-state index in [0.717, 1.165) is 5.69 Å². The summed E-state index contributed by atoms with van der Waals surface area (Å²) in [5, 5.41) is 21.7. The van der Waals surface area contributed by atoms with Crippen LogP contribution in [-0.2, 0) is 0 Å². The van der Waals surface area contributed by atoms with Gasteiger partial charge in [-0.15, -0.1) is 0 Å². The number of carboxylic acid groups (broad SMARTS) is 1. The molecule has 0 aliphatic heterocycles. The Kier molecular flexibility index (Phi) is 4.29. The van der Waals surface area contributed by atoms with E-state index in [2.05, 4.69) is 10.3 Å². The van der Waals surface area contributed by atoms with Crippen LogP contribution in [0.1, 0.15) is 41.9 Å². The molecule has 100 valence electrons. The first kappa shape index (κ1) is 14.4. The van der Waals surface area contributed by atoms with Gasteiger partial charge < -0.3 is 15.5 Å². The fourth-order valence-corrected chi connectivity index (χ4v) is 1.72. The van der Waals surface area contributed by atoms with Crippen molar-refractivity contribution in [2.45, 2.75) is 39.7 Å². The third-order valence-corrected chi connectivity index (χ3v) is 3.11. The molecular weight excluding hydrogens is 232 g/mol. The molecule has 0 saturated carbocycles. The lowest BCUT2D eigenvalue weighted by atomic mass is 9.99. The Bertz CT molecular complexity index is 454. The third kappa shape index (κ3) is 2.98. The summed E-state index contributed by atoms with van der Waals surface area (Å²) >= 11 is 0. The van der Waals surface area contributed by atoms with E-state index < -0.39 is 11.5 Å². The van der Waals surface area contributed by atoms with Gasteiger partial charge in [0.1, 0.15) is 11.4 Å². The number of nitrogens with one attached hydrogen (secondary N) is 1. The molecule has 1 heterocycles. The van der Waals surface area contributed by atoms with Crippen LogP contribution in [-0.4, -0.2) is 33.3 Å². The van der Waals surface area contributed by atoms with Crippen molar-refractivity contribution >= 4 is 11.8 Å². The van der Waals surface area contributed by atoms with Crippen molar-refractivity contribution in [3.05, 3.63) is 22.9 Å². The molecule has 3 N–H and O–H groups in total. The molecule has 18 heavy (non-hydrogen) atoms. The number of carboxylic acids is 1. The first-order valence-electron chi connectivity index (χ1n) is 5.93. The van der Waals surface area contributed by atoms with Gasteiger partial charge in [0.15, 0.2) is 0 Å². The molecule has 0 bridgehead atoms. The highest BCUT2D eigenvalue weighted by atomic mass is 16.4. The molecule has 1 unspecified atom stereocenters. The largest absolute Gasteiger partial charge is 0.478 e. The van der Waals surface area contributed by atoms with Crippen LogP contribution < -0.4 is 5.32 Å². The molecule has 1 atom stereocenters. The summed E-state index contributed by atoms with van der Waals surface area (Å²) in [6.45, 7) is 7.22. The maximum absolute atomic E-state index is 11.3. The predicted molar refractivity (Wildman–Crippen MR) is 70.1 cm³/mol. The van der Waals surface area contributed by atoms with Crippen molar-refractivity contribution in [2.24, 2.45) is 0 Å². The van der Waals surface area contributed by atoms with Crippen molar-refractivity contribution in [3.63, 3.8) is 0 Å². The molecule has 0 amide bonds. The van der Waals surface area contributed by atoms with Crippen LogP contribution in [0.5, 0.6) is 0 Å². The summed E-state index contributed by atoms with van der Waals surface area (Å²) < 4.78 is 0. The number of aromatic nitrogens is 1. The van der Waals surface area contributed by atoms with Gasteiger partial charge in [-0.2, -0.15) is 0 Å². The summed E-state index contributed by atoms with van der Waals surface area (Å²) in [7, 11) is 0. The molecule has 0 aliphatic rings. The Morgan fingerprint density at radius 3 is 2.56 bits per heavy atom. The Morgan fingerprint density at radius 1 is 1.50 bits per heavy atom. The minimum Gasteiger partial charge on any atom is -0.478 e. The first-order valence-corrected chi connectivity index (χ1v) is 5.93. The summed E-state index contributed by atoms with van der Waals surface area (Å²) in [4.78, 5) is 15.5. The molecule has 0 aromatic carbocycles. The van der Waals surface area contributed by atoms with Crippen LogP contribution in [0, 0.1) is 13.8 Å². The maximum Gasteiger partial charge on any atom is 0.339 e. The highest BCUT2D eigenvalue weighted by Crippen LogP contribution is 2.23. The number of hydrogen-bond donors (Lipinski definition) is 3. The van der Waals surface area contributed by atoms with Crippen molar-refractivity contribution in [3.8, 4) is 0 Å². The zero-order chi connectivity index (χ0) is 13.9. The Balaban J connectivity index is 3.27. The maximum atomic E-state index is 11.3. The highest BCUT2D eigenvalue weighted by Gasteiger charge is 2.25. The van der Waals surface area contributed by atoms with Crippen molar-refractivity contribution in [1.29, 1.82) is 0 Å². The number of nitrogens with zero attached hydrogens (tertiary/aromatic N) is 1. The van der Waals surface area contributed by atoms with E-state index in [9.17, 15) is 15.0 Å². The topological polar surface area (TPSA) is 82.5 Å². The Morgan fingerprint density at radius 2 is 2.11 bits per heavy atom. The Hall–Kier alpha value is -1.62. The second-order valence-electron chi connectivity index (χ2n) is 4.81. The van der Waals surface area contributed by atoms with Gasteiger partial charge in [-0.05, 0) is 38.8 Å². The monoisotopic (exact) mass is 252 g/mol. The third-order valence-electron chi connectivity index (χ3n) is 3.11. The van der Waals surface area contributed by atoms with E-state index >= 15 is 0 Å². The minimum atomic E-state index is -1.01. The molecule has 0 fully saturated rings. The Labute approximate surface area is 107 Å². The second-order valence-corrected chi connectivity index (χ2v) is 4.81. The average molecular weight is 252 g/mol. The van der Waals surface area contributed by atoms with Crippen molar-refractivity contribution in [2.75, 3.05) is 11.9 Å². The number of aromatic carboxylic acids is 1. The van der Waals surface area contributed by atoms with Gasteiger partial charge in [-0.1, -0.05) is 6.92 Å². The number of anilines is 1. The lowest BCUT2D eigenvalue weighted by molar-refractivity contribution is 0.0696. The van der Waals surface area contributed by atoms with E-state index in [1.807, 2.05) is 20.8 Å². The number of rotatable bonds is 5. The highest BCUT2D eigenvalue weighted by molar-refractivity contribution is 5.95. The fourth-order valence-electron chi connectivity index (χ4n) is 1.72. The molecule has 1 aromatic heterocycles. The molecule has 1 aromatic rings. The minimum absolute atomic E-state index is 0.0861. The van der Waals surface area contributed by atoms with Gasteiger partial charge in [0.05, 0.1) is 12.1 Å². The molecule has 1 rings (SSSR count). The summed E-state index contributed by atoms with van der Waals surface area (Å²) in [6, 6.07) is 1.73. The summed E-state index contributed by atoms with van der Waals surface area (Å²) in [5.41, 5.74) is 0.997. The zero-order valence-electron chi connectivity index (χ0n) is 11.2. The van der Waals surface area contributed by atoms with Gasteiger partial charge in [-0.3, -0.25) is 0 Å². The molecule has 0 saturated heterocycles. The van der Waals surface area contributed by atoms with Gasteiger partial charge in [0.25, 0.3) is 0 Å². The van der Waals surface area contributed by atoms with Crippen molar-refractivity contribution < 1.29 is 15.0 Å². The quantitative estimate of drug-likeness (QED) is 0.746. The normalized spacial score (nSPS) is 14.1. The van der Waals surface area contributed by atoms with E-state index in [4.69, 9.17) is 0 Å². The summed E-state index contributed by atoms with van der Waals surface area (Å²) in [5.74, 6) is -0.697. The number of aryl methyl sites for hydroxylation is 2. The van der Waals surface area contributed by atoms with Gasteiger partial charge in [0, 0.05) is 5.69 Å². The molecule has 0 aliphatic carbocycles. The predicted octanol–water partition coefficient (Wildman–Crippen LogP) is 1.97. The van der Waals surface area contributed by atoms with E-state index in [-0.39, 0.29) is 12.2 Å². The van der Waals surface area contributed by atoms with Crippen LogP contribution in [0.25, 0.3) is 0 Å². The average Bonchev–Trinajstić information content (AvgIpc) is 2.27. The smallest absolute Gasteiger partial charge is 0.339 e. The molecular formula is C13H20N2O3. The van der Waals surface area contributed by atoms with Crippen molar-refractivity contribution in [1.82, 2.24) is 4.98 Å². The zero-order valence-corrected chi connectivity index (χ0v) is 11.2. The molecule has 0 radical (unpaired) electrons. The van der Waals surface area contributed by atoms with Gasteiger partial charge in [-0.25, -0.2) is 9.78 Å². The van der Waals surface area contributed by atoms with Gasteiger partial charge in [0.2, 0.25) is 0 Å². The number of aliphatic hydroxyl groups excluding tert-OH is 1. The molecule has 5 heteroatoms. The first-order chi connectivity index (χ1) is 8.33. The number of carbonyl (C=O) groups is 1. The van der Waals surface area contributed by atoms with E-state index in [1.165, 1.54) is 0 Å². The van der Waals surface area contributed by atoms with Crippen LogP contribution in [0.2, 0.25) is 0 Å². The lowest BCUT2D eigenvalue weighted by Gasteiger charge is -2.29. The molecule has 0 spiro atoms. The fraction of sp³-hybridized carbons (Fsp3) is 0.538. The van der Waals surface area contributed by atoms with E-state index in [1.54, 1.807) is 13.0 Å². The molecule has 5 nitrogen and oxygen atoms in total. The standard InChI is InChI=1S/C13H20N2O3/c1-5-13(4,7-16)15-11-10(12(17)18)8(2)6-9(3)14-11/h6,16H,5,7H2,1-4H3,(H,14,15)(H,17,18). The SMILES string of the molecule is CCC(C)(CO)Nc1nc(C)cc(C)c1C(=O)O. The van der Waals surface area contributed by atoms with E-state index in [0.29, 0.717) is 17.8 Å². The number of pyridine rings is 1. The summed E-state index contributed by atoms with van der Waals surface area (Å²) in [6.07, 6.45) is 0.664.